The summed E-state index contributed by atoms with van der Waals surface area (Å²) in [6.45, 7) is 0.640. The molecule has 12 bridgehead atoms. The third-order valence-corrected chi connectivity index (χ3v) is 9.80. The third-order valence-electron chi connectivity index (χ3n) is 9.34. The molecule has 9 rings (SSSR count). The van der Waals surface area contributed by atoms with Crippen LogP contribution in [0.5, 0.6) is 5.75 Å². The fourth-order valence-corrected chi connectivity index (χ4v) is 7.14. The van der Waals surface area contributed by atoms with Crippen molar-refractivity contribution in [1.29, 1.82) is 0 Å². The zero-order valence-electron chi connectivity index (χ0n) is 29.9. The van der Waals surface area contributed by atoms with Gasteiger partial charge < -0.3 is 38.3 Å². The number of oxazole rings is 3. The summed E-state index contributed by atoms with van der Waals surface area (Å²) in [5.74, 6) is -0.984. The van der Waals surface area contributed by atoms with Crippen molar-refractivity contribution in [1.82, 2.24) is 40.4 Å². The van der Waals surface area contributed by atoms with Crippen molar-refractivity contribution in [2.45, 2.75) is 25.7 Å². The summed E-state index contributed by atoms with van der Waals surface area (Å²) in [5.41, 5.74) is 3.71. The number of hydrogen-bond donors (Lipinski definition) is 2. The van der Waals surface area contributed by atoms with E-state index >= 15 is 0 Å². The SMILES string of the molecule is CN1C2=COC1c1cc(OCCCN3C(=O)c4ccccc4C3=O)cc(n1)-c1nc(co1)-c1nc(co1)C(=O)NCc1cc(Br)cc(c1)CNC(=O)c1coc2n1. The first kappa shape index (κ1) is 35.6. The van der Waals surface area contributed by atoms with Crippen molar-refractivity contribution in [3.8, 4) is 28.9 Å². The Labute approximate surface area is 330 Å². The number of carbonyl (C=O) groups excluding carboxylic acids is 4. The number of hydrogen-bond acceptors (Lipinski definition) is 14. The standard InChI is InChI=1S/C39H29BrN8O9/c1-47-31-19-57-39(47)27-13-23(53-8-4-7-48-37(51)24-5-2-3-6-25(24)38(48)52)12-26(43-27)34-46-30(18-55-34)35-44-28(16-54-35)32(49)41-14-20-9-21(11-22(40)10-20)15-42-33(50)29-17-56-36(31)45-29/h2-3,5-6,9-13,16-19,39H,4,7-8,14-15H2,1H3,(H,41,49)(H,42,50). The van der Waals surface area contributed by atoms with E-state index in [-0.39, 0.29) is 78.5 Å². The molecule has 17 nitrogen and oxygen atoms in total. The molecule has 7 heterocycles. The maximum absolute atomic E-state index is 13.1. The van der Waals surface area contributed by atoms with Crippen LogP contribution in [0.25, 0.3) is 28.9 Å². The normalized spacial score (nSPS) is 16.4. The van der Waals surface area contributed by atoms with Crippen LogP contribution < -0.4 is 15.4 Å². The monoisotopic (exact) mass is 832 g/mol. The van der Waals surface area contributed by atoms with E-state index in [1.165, 1.54) is 30.0 Å². The molecule has 0 radical (unpaired) electrons. The van der Waals surface area contributed by atoms with Crippen LogP contribution in [0.4, 0.5) is 0 Å². The van der Waals surface area contributed by atoms with E-state index in [2.05, 4.69) is 41.5 Å². The molecule has 18 heteroatoms. The zero-order chi connectivity index (χ0) is 39.2. The second kappa shape index (κ2) is 14.5. The average molecular weight is 834 g/mol. The molecule has 4 aromatic heterocycles. The Kier molecular flexibility index (Phi) is 9.08. The Hall–Kier alpha value is -7.08. The molecule has 3 aliphatic heterocycles. The quantitative estimate of drug-likeness (QED) is 0.166. The van der Waals surface area contributed by atoms with Crippen molar-refractivity contribution in [2.75, 3.05) is 20.2 Å². The van der Waals surface area contributed by atoms with Crippen LogP contribution in [0.2, 0.25) is 0 Å². The summed E-state index contributed by atoms with van der Waals surface area (Å²) in [5, 5.41) is 5.68. The van der Waals surface area contributed by atoms with E-state index in [4.69, 9.17) is 27.7 Å². The van der Waals surface area contributed by atoms with Gasteiger partial charge in [-0.3, -0.25) is 24.1 Å². The van der Waals surface area contributed by atoms with Gasteiger partial charge in [-0.25, -0.2) is 19.9 Å². The molecule has 3 aliphatic rings. The topological polar surface area (TPSA) is 208 Å². The number of aromatic nitrogens is 4. The smallest absolute Gasteiger partial charge is 0.273 e. The molecule has 57 heavy (non-hydrogen) atoms. The fraction of sp³-hybridized carbons (Fsp3) is 0.179. The molecule has 1 unspecified atom stereocenters. The molecule has 0 saturated heterocycles. The number of carbonyl (C=O) groups is 4. The number of benzene rings is 2. The minimum absolute atomic E-state index is 0.0280. The molecule has 286 valence electrons. The van der Waals surface area contributed by atoms with Gasteiger partial charge in [0.15, 0.2) is 17.1 Å². The van der Waals surface area contributed by atoms with Crippen molar-refractivity contribution in [2.24, 2.45) is 0 Å². The number of pyridine rings is 1. The summed E-state index contributed by atoms with van der Waals surface area (Å²) in [6, 6.07) is 15.6. The molecule has 0 saturated carbocycles. The highest BCUT2D eigenvalue weighted by Crippen LogP contribution is 2.37. The summed E-state index contributed by atoms with van der Waals surface area (Å²) in [6.07, 6.45) is 4.82. The maximum Gasteiger partial charge on any atom is 0.273 e. The Morgan fingerprint density at radius 2 is 1.35 bits per heavy atom. The van der Waals surface area contributed by atoms with Crippen LogP contribution in [-0.4, -0.2) is 73.6 Å². The Balaban J connectivity index is 1.01. The average Bonchev–Trinajstić information content (AvgIpc) is 4.06. The summed E-state index contributed by atoms with van der Waals surface area (Å²) in [7, 11) is 1.75. The van der Waals surface area contributed by atoms with Crippen LogP contribution in [0.15, 0.2) is 97.4 Å². The molecule has 6 aromatic rings. The lowest BCUT2D eigenvalue weighted by Gasteiger charge is -2.22. The van der Waals surface area contributed by atoms with Crippen molar-refractivity contribution >= 4 is 45.3 Å². The molecule has 0 fully saturated rings. The van der Waals surface area contributed by atoms with E-state index in [1.807, 2.05) is 18.2 Å². The van der Waals surface area contributed by atoms with Gasteiger partial charge in [-0.2, -0.15) is 0 Å². The lowest BCUT2D eigenvalue weighted by Crippen LogP contribution is -2.31. The number of rotatable bonds is 5. The van der Waals surface area contributed by atoms with E-state index in [9.17, 15) is 19.2 Å². The fourth-order valence-electron chi connectivity index (χ4n) is 6.55. The number of ether oxygens (including phenoxy) is 2. The minimum Gasteiger partial charge on any atom is -0.493 e. The minimum atomic E-state index is -0.802. The summed E-state index contributed by atoms with van der Waals surface area (Å²) >= 11 is 3.50. The molecular formula is C39H29BrN8O9. The number of amides is 4. The van der Waals surface area contributed by atoms with Gasteiger partial charge in [0.05, 0.1) is 17.7 Å². The number of nitrogens with one attached hydrogen (secondary N) is 2. The van der Waals surface area contributed by atoms with E-state index in [1.54, 1.807) is 48.3 Å². The van der Waals surface area contributed by atoms with Gasteiger partial charge in [0.25, 0.3) is 23.6 Å². The molecule has 0 spiro atoms. The van der Waals surface area contributed by atoms with Crippen molar-refractivity contribution < 1.29 is 41.9 Å². The van der Waals surface area contributed by atoms with Crippen LogP contribution >= 0.6 is 15.9 Å². The Morgan fingerprint density at radius 1 is 0.754 bits per heavy atom. The number of imide groups is 1. The third kappa shape index (κ3) is 6.90. The Morgan fingerprint density at radius 3 is 2.04 bits per heavy atom. The first-order valence-corrected chi connectivity index (χ1v) is 18.4. The number of halogens is 1. The lowest BCUT2D eigenvalue weighted by atomic mass is 10.1. The Bertz CT molecular complexity index is 2600. The lowest BCUT2D eigenvalue weighted by molar-refractivity contribution is 0.0644. The van der Waals surface area contributed by atoms with Crippen molar-refractivity contribution in [3.05, 3.63) is 129 Å². The highest BCUT2D eigenvalue weighted by atomic mass is 79.9. The highest BCUT2D eigenvalue weighted by Gasteiger charge is 2.35. The van der Waals surface area contributed by atoms with E-state index < -0.39 is 18.0 Å². The molecular weight excluding hydrogens is 804 g/mol. The van der Waals surface area contributed by atoms with Gasteiger partial charge in [-0.05, 0) is 41.8 Å². The number of fused-ring (bicyclic) bond motifs is 17. The first-order valence-electron chi connectivity index (χ1n) is 17.6. The molecule has 0 aliphatic carbocycles. The van der Waals surface area contributed by atoms with Gasteiger partial charge in [-0.15, -0.1) is 0 Å². The van der Waals surface area contributed by atoms with Gasteiger partial charge in [0.2, 0.25) is 23.9 Å². The second-order valence-electron chi connectivity index (χ2n) is 13.2. The predicted octanol–water partition coefficient (Wildman–Crippen LogP) is 5.34. The maximum atomic E-state index is 13.1. The highest BCUT2D eigenvalue weighted by molar-refractivity contribution is 9.10. The van der Waals surface area contributed by atoms with Crippen LogP contribution in [-0.2, 0) is 17.8 Å². The largest absolute Gasteiger partial charge is 0.493 e. The summed E-state index contributed by atoms with van der Waals surface area (Å²) < 4.78 is 30.1. The van der Waals surface area contributed by atoms with Crippen LogP contribution in [0, 0.1) is 0 Å². The van der Waals surface area contributed by atoms with Crippen molar-refractivity contribution in [3.63, 3.8) is 0 Å². The van der Waals surface area contributed by atoms with Gasteiger partial charge in [-0.1, -0.05) is 34.1 Å². The zero-order valence-corrected chi connectivity index (χ0v) is 31.4. The number of nitrogens with zero attached hydrogens (tertiary/aromatic N) is 6. The van der Waals surface area contributed by atoms with Crippen LogP contribution in [0.3, 0.4) is 0 Å². The van der Waals surface area contributed by atoms with Gasteiger partial charge in [0.1, 0.15) is 47.9 Å². The first-order chi connectivity index (χ1) is 27.7. The second-order valence-corrected chi connectivity index (χ2v) is 14.1. The molecule has 2 N–H and O–H groups in total. The summed E-state index contributed by atoms with van der Waals surface area (Å²) in [4.78, 5) is 72.9. The van der Waals surface area contributed by atoms with Gasteiger partial charge in [0, 0.05) is 43.3 Å². The molecule has 1 atom stereocenters. The van der Waals surface area contributed by atoms with Crippen LogP contribution in [0.1, 0.15) is 77.1 Å². The molecule has 4 amide bonds. The van der Waals surface area contributed by atoms with E-state index in [0.717, 1.165) is 15.6 Å². The van der Waals surface area contributed by atoms with E-state index in [0.29, 0.717) is 34.7 Å². The van der Waals surface area contributed by atoms with Gasteiger partial charge >= 0.3 is 0 Å². The molecule has 2 aromatic carbocycles. The predicted molar refractivity (Wildman–Crippen MR) is 200 cm³/mol.